The van der Waals surface area contributed by atoms with E-state index in [1.54, 1.807) is 6.92 Å². The molecule has 2 aliphatic rings. The minimum absolute atomic E-state index is 0.334. The molecule has 1 unspecified atom stereocenters. The van der Waals surface area contributed by atoms with Crippen molar-refractivity contribution in [2.75, 3.05) is 13.1 Å². The lowest BCUT2D eigenvalue weighted by Crippen LogP contribution is -2.43. The molecule has 0 bridgehead atoms. The summed E-state index contributed by atoms with van der Waals surface area (Å²) < 4.78 is 0. The molecule has 160 valence electrons. The second-order valence-corrected chi connectivity index (χ2v) is 8.07. The molecule has 2 heterocycles. The molecule has 0 aliphatic carbocycles. The lowest BCUT2D eigenvalue weighted by Gasteiger charge is -2.23. The van der Waals surface area contributed by atoms with E-state index in [1.165, 1.54) is 10.6 Å². The zero-order valence-electron chi connectivity index (χ0n) is 17.8. The molecule has 0 saturated carbocycles. The summed E-state index contributed by atoms with van der Waals surface area (Å²) in [5.74, 6) is -0.808. The first-order valence-electron chi connectivity index (χ1n) is 10.6. The van der Waals surface area contributed by atoms with Gasteiger partial charge in [0.2, 0.25) is 0 Å². The number of carbonyl (C=O) groups excluding carboxylic acids is 3. The van der Waals surface area contributed by atoms with Crippen molar-refractivity contribution >= 4 is 23.6 Å². The summed E-state index contributed by atoms with van der Waals surface area (Å²) in [5.41, 5.74) is 2.48. The van der Waals surface area contributed by atoms with Crippen LogP contribution in [-0.2, 0) is 21.5 Å². The van der Waals surface area contributed by atoms with E-state index in [2.05, 4.69) is 17.3 Å². The molecule has 31 heavy (non-hydrogen) atoms. The number of hydrazone groups is 1. The van der Waals surface area contributed by atoms with Crippen LogP contribution in [0.25, 0.3) is 0 Å². The van der Waals surface area contributed by atoms with Crippen LogP contribution in [-0.4, -0.2) is 46.6 Å². The van der Waals surface area contributed by atoms with Crippen molar-refractivity contribution in [3.63, 3.8) is 0 Å². The Balaban J connectivity index is 1.47. The number of rotatable bonds is 6. The Labute approximate surface area is 181 Å². The predicted molar refractivity (Wildman–Crippen MR) is 117 cm³/mol. The minimum Gasteiger partial charge on any atom is -0.319 e. The van der Waals surface area contributed by atoms with Crippen LogP contribution in [0.4, 0.5) is 4.79 Å². The lowest BCUT2D eigenvalue weighted by atomic mass is 9.91. The van der Waals surface area contributed by atoms with Crippen molar-refractivity contribution in [2.24, 2.45) is 5.10 Å². The number of urea groups is 1. The summed E-state index contributed by atoms with van der Waals surface area (Å²) >= 11 is 0. The van der Waals surface area contributed by atoms with Crippen molar-refractivity contribution in [1.29, 1.82) is 0 Å². The molecule has 2 aromatic rings. The number of nitrogens with one attached hydrogen (secondary N) is 1. The first-order chi connectivity index (χ1) is 14.9. The summed E-state index contributed by atoms with van der Waals surface area (Å²) in [6, 6.07) is 16.8. The third kappa shape index (κ3) is 3.95. The number of imide groups is 1. The molecule has 0 aromatic heterocycles. The molecular formula is C24H26N4O3. The lowest BCUT2D eigenvalue weighted by molar-refractivity contribution is -0.138. The van der Waals surface area contributed by atoms with Crippen LogP contribution in [0.1, 0.15) is 43.4 Å². The highest BCUT2D eigenvalue weighted by atomic mass is 16.2. The molecule has 4 rings (SSSR count). The largest absolute Gasteiger partial charge is 0.325 e. The van der Waals surface area contributed by atoms with Gasteiger partial charge in [0.15, 0.2) is 0 Å². The monoisotopic (exact) mass is 418 g/mol. The maximum atomic E-state index is 13.1. The van der Waals surface area contributed by atoms with Gasteiger partial charge in [-0.2, -0.15) is 5.10 Å². The molecule has 0 radical (unpaired) electrons. The number of benzene rings is 2. The summed E-state index contributed by atoms with van der Waals surface area (Å²) in [5, 5.41) is 8.51. The van der Waals surface area contributed by atoms with E-state index in [-0.39, 0.29) is 12.5 Å². The molecule has 7 nitrogen and oxygen atoms in total. The molecule has 7 heteroatoms. The summed E-state index contributed by atoms with van der Waals surface area (Å²) in [4.78, 5) is 39.5. The Morgan fingerprint density at radius 2 is 1.81 bits per heavy atom. The van der Waals surface area contributed by atoms with Gasteiger partial charge < -0.3 is 5.32 Å². The van der Waals surface area contributed by atoms with Gasteiger partial charge in [0.1, 0.15) is 12.1 Å². The maximum Gasteiger partial charge on any atom is 0.325 e. The van der Waals surface area contributed by atoms with E-state index in [9.17, 15) is 14.4 Å². The van der Waals surface area contributed by atoms with Gasteiger partial charge in [-0.1, -0.05) is 67.9 Å². The van der Waals surface area contributed by atoms with E-state index in [4.69, 9.17) is 0 Å². The molecule has 0 spiro atoms. The van der Waals surface area contributed by atoms with Crippen molar-refractivity contribution in [3.8, 4) is 0 Å². The van der Waals surface area contributed by atoms with Gasteiger partial charge in [0, 0.05) is 6.42 Å². The number of hydrogen-bond acceptors (Lipinski definition) is 4. The number of amides is 4. The normalized spacial score (nSPS) is 20.8. The molecule has 1 saturated heterocycles. The van der Waals surface area contributed by atoms with Gasteiger partial charge in [-0.25, -0.2) is 9.80 Å². The molecule has 1 fully saturated rings. The van der Waals surface area contributed by atoms with Crippen LogP contribution in [0.15, 0.2) is 59.7 Å². The van der Waals surface area contributed by atoms with E-state index >= 15 is 0 Å². The van der Waals surface area contributed by atoms with Gasteiger partial charge in [-0.3, -0.25) is 14.5 Å². The summed E-state index contributed by atoms with van der Waals surface area (Å²) in [6.07, 6.45) is 2.63. The van der Waals surface area contributed by atoms with Crippen LogP contribution >= 0.6 is 0 Å². The molecule has 1 atom stereocenters. The number of hydrogen-bond donors (Lipinski definition) is 1. The fourth-order valence-corrected chi connectivity index (χ4v) is 4.02. The number of aryl methyl sites for hydroxylation is 1. The summed E-state index contributed by atoms with van der Waals surface area (Å²) in [7, 11) is 0. The highest BCUT2D eigenvalue weighted by molar-refractivity contribution is 6.09. The van der Waals surface area contributed by atoms with E-state index in [0.717, 1.165) is 29.0 Å². The number of nitrogens with zero attached hydrogens (tertiary/aromatic N) is 3. The van der Waals surface area contributed by atoms with Crippen LogP contribution in [0.2, 0.25) is 0 Å². The average molecular weight is 418 g/mol. The first kappa shape index (κ1) is 20.8. The van der Waals surface area contributed by atoms with Crippen LogP contribution in [0.5, 0.6) is 0 Å². The highest BCUT2D eigenvalue weighted by Crippen LogP contribution is 2.29. The molecule has 2 aromatic carbocycles. The molecule has 2 aliphatic heterocycles. The van der Waals surface area contributed by atoms with Gasteiger partial charge in [-0.05, 0) is 30.0 Å². The topological polar surface area (TPSA) is 82.1 Å². The Morgan fingerprint density at radius 3 is 2.48 bits per heavy atom. The second-order valence-electron chi connectivity index (χ2n) is 8.07. The van der Waals surface area contributed by atoms with Crippen molar-refractivity contribution < 1.29 is 14.4 Å². The highest BCUT2D eigenvalue weighted by Gasteiger charge is 2.49. The van der Waals surface area contributed by atoms with E-state index in [1.807, 2.05) is 54.6 Å². The smallest absolute Gasteiger partial charge is 0.319 e. The zero-order valence-corrected chi connectivity index (χ0v) is 17.8. The second kappa shape index (κ2) is 8.34. The SMILES string of the molecule is CCCc1ccc(C2(C)NC(=O)N(CC(=O)N3CCC(c4ccccc4)=N3)C2=O)cc1. The Hall–Kier alpha value is -3.48. The average Bonchev–Trinajstić information content (AvgIpc) is 3.35. The Morgan fingerprint density at radius 1 is 1.10 bits per heavy atom. The quantitative estimate of drug-likeness (QED) is 0.732. The zero-order chi connectivity index (χ0) is 22.0. The maximum absolute atomic E-state index is 13.1. The fourth-order valence-electron chi connectivity index (χ4n) is 4.02. The van der Waals surface area contributed by atoms with Crippen LogP contribution in [0.3, 0.4) is 0 Å². The first-order valence-corrected chi connectivity index (χ1v) is 10.6. The van der Waals surface area contributed by atoms with Crippen molar-refractivity contribution in [1.82, 2.24) is 15.2 Å². The van der Waals surface area contributed by atoms with Crippen LogP contribution in [0, 0.1) is 0 Å². The third-order valence-electron chi connectivity index (χ3n) is 5.84. The van der Waals surface area contributed by atoms with Crippen molar-refractivity contribution in [3.05, 3.63) is 71.3 Å². The van der Waals surface area contributed by atoms with E-state index < -0.39 is 17.5 Å². The third-order valence-corrected chi connectivity index (χ3v) is 5.84. The Bertz CT molecular complexity index is 1030. The van der Waals surface area contributed by atoms with Gasteiger partial charge >= 0.3 is 6.03 Å². The molecular weight excluding hydrogens is 392 g/mol. The summed E-state index contributed by atoms with van der Waals surface area (Å²) in [6.45, 7) is 3.88. The predicted octanol–water partition coefficient (Wildman–Crippen LogP) is 3.04. The van der Waals surface area contributed by atoms with Gasteiger partial charge in [0.05, 0.1) is 12.3 Å². The minimum atomic E-state index is -1.19. The van der Waals surface area contributed by atoms with Gasteiger partial charge in [0.25, 0.3) is 11.8 Å². The Kier molecular flexibility index (Phi) is 5.59. The molecule has 4 amide bonds. The standard InChI is InChI=1S/C24H26N4O3/c1-3-7-17-10-12-19(13-11-17)24(2)22(30)27(23(31)25-24)16-21(29)28-15-14-20(26-28)18-8-5-4-6-9-18/h4-6,8-13H,3,7,14-16H2,1-2H3,(H,25,31). The van der Waals surface area contributed by atoms with Crippen molar-refractivity contribution in [2.45, 2.75) is 38.6 Å². The van der Waals surface area contributed by atoms with Gasteiger partial charge in [-0.15, -0.1) is 0 Å². The fraction of sp³-hybridized carbons (Fsp3) is 0.333. The molecule has 1 N–H and O–H groups in total. The van der Waals surface area contributed by atoms with Crippen LogP contribution < -0.4 is 5.32 Å². The number of carbonyl (C=O) groups is 3. The van der Waals surface area contributed by atoms with E-state index in [0.29, 0.717) is 18.5 Å².